The zero-order valence-electron chi connectivity index (χ0n) is 10.8. The number of fused-ring (bicyclic) bond motifs is 1. The van der Waals surface area contributed by atoms with Crippen LogP contribution in [0.2, 0.25) is 0 Å². The summed E-state index contributed by atoms with van der Waals surface area (Å²) in [5, 5.41) is 0.364. The van der Waals surface area contributed by atoms with Gasteiger partial charge in [0, 0.05) is 17.0 Å². The number of hydrogen-bond acceptors (Lipinski definition) is 3. The fourth-order valence-corrected chi connectivity index (χ4v) is 1.87. The van der Waals surface area contributed by atoms with Gasteiger partial charge in [0.2, 0.25) is 0 Å². The van der Waals surface area contributed by atoms with Gasteiger partial charge in [-0.05, 0) is 19.1 Å². The van der Waals surface area contributed by atoms with E-state index in [1.54, 1.807) is 19.1 Å². The Morgan fingerprint density at radius 1 is 1.30 bits per heavy atom. The highest BCUT2D eigenvalue weighted by Crippen LogP contribution is 2.25. The van der Waals surface area contributed by atoms with Crippen molar-refractivity contribution < 1.29 is 22.6 Å². The van der Waals surface area contributed by atoms with Crippen molar-refractivity contribution in [2.24, 2.45) is 0 Å². The Hall–Kier alpha value is -2.18. The van der Waals surface area contributed by atoms with Crippen molar-refractivity contribution in [3.8, 4) is 11.6 Å². The number of benzene rings is 1. The minimum absolute atomic E-state index is 0.226. The monoisotopic (exact) mass is 287 g/mol. The molecule has 0 aliphatic rings. The number of ether oxygens (including phenoxy) is 2. The first-order valence-corrected chi connectivity index (χ1v) is 5.72. The number of H-pyrrole nitrogens is 1. The maximum Gasteiger partial charge on any atom is 0.422 e. The molecule has 0 aliphatic heterocycles. The molecule has 0 unspecified atom stereocenters. The summed E-state index contributed by atoms with van der Waals surface area (Å²) in [4.78, 5) is 14.5. The Bertz CT molecular complexity index is 692. The average Bonchev–Trinajstić information content (AvgIpc) is 2.37. The van der Waals surface area contributed by atoms with Crippen molar-refractivity contribution in [1.82, 2.24) is 4.98 Å². The highest BCUT2D eigenvalue weighted by Gasteiger charge is 2.28. The van der Waals surface area contributed by atoms with Crippen molar-refractivity contribution in [2.45, 2.75) is 13.1 Å². The molecule has 0 radical (unpaired) electrons. The molecular weight excluding hydrogens is 275 g/mol. The van der Waals surface area contributed by atoms with Crippen LogP contribution in [0.4, 0.5) is 13.2 Å². The Morgan fingerprint density at radius 3 is 2.60 bits per heavy atom. The summed E-state index contributed by atoms with van der Waals surface area (Å²) in [6.45, 7) is 0.238. The number of aromatic amines is 1. The van der Waals surface area contributed by atoms with E-state index in [-0.39, 0.29) is 5.88 Å². The first-order valence-electron chi connectivity index (χ1n) is 5.72. The van der Waals surface area contributed by atoms with Crippen LogP contribution in [0.25, 0.3) is 10.9 Å². The first kappa shape index (κ1) is 14.2. The van der Waals surface area contributed by atoms with Crippen LogP contribution in [0, 0.1) is 6.92 Å². The molecule has 0 spiro atoms. The average molecular weight is 287 g/mol. The van der Waals surface area contributed by atoms with Crippen molar-refractivity contribution >= 4 is 10.9 Å². The van der Waals surface area contributed by atoms with Crippen LogP contribution >= 0.6 is 0 Å². The summed E-state index contributed by atoms with van der Waals surface area (Å²) in [5.41, 5.74) is 0.607. The molecule has 0 atom stereocenters. The van der Waals surface area contributed by atoms with E-state index in [0.29, 0.717) is 22.2 Å². The SMILES string of the molecule is COc1ccc2c(=O)cc(OCC(F)(F)F)[nH]c2c1C. The van der Waals surface area contributed by atoms with Gasteiger partial charge < -0.3 is 14.5 Å². The Labute approximate surface area is 112 Å². The van der Waals surface area contributed by atoms with Gasteiger partial charge in [0.05, 0.1) is 12.6 Å². The maximum atomic E-state index is 12.1. The van der Waals surface area contributed by atoms with E-state index in [9.17, 15) is 18.0 Å². The Balaban J connectivity index is 2.49. The molecule has 2 rings (SSSR count). The number of pyridine rings is 1. The highest BCUT2D eigenvalue weighted by atomic mass is 19.4. The van der Waals surface area contributed by atoms with Gasteiger partial charge in [-0.1, -0.05) is 0 Å². The molecule has 1 N–H and O–H groups in total. The van der Waals surface area contributed by atoms with Crippen molar-refractivity contribution in [3.05, 3.63) is 34.0 Å². The van der Waals surface area contributed by atoms with E-state index < -0.39 is 18.2 Å². The Morgan fingerprint density at radius 2 is 2.00 bits per heavy atom. The van der Waals surface area contributed by atoms with Gasteiger partial charge in [-0.15, -0.1) is 0 Å². The summed E-state index contributed by atoms with van der Waals surface area (Å²) in [6.07, 6.45) is -4.46. The number of aromatic nitrogens is 1. The van der Waals surface area contributed by atoms with Crippen molar-refractivity contribution in [2.75, 3.05) is 13.7 Å². The van der Waals surface area contributed by atoms with Crippen LogP contribution < -0.4 is 14.9 Å². The molecule has 0 aliphatic carbocycles. The molecule has 0 amide bonds. The van der Waals surface area contributed by atoms with Crippen LogP contribution in [0.1, 0.15) is 5.56 Å². The van der Waals surface area contributed by atoms with E-state index in [0.717, 1.165) is 6.07 Å². The fourth-order valence-electron chi connectivity index (χ4n) is 1.87. The minimum atomic E-state index is -4.46. The second kappa shape index (κ2) is 5.07. The van der Waals surface area contributed by atoms with E-state index in [1.165, 1.54) is 7.11 Å². The molecule has 7 heteroatoms. The highest BCUT2D eigenvalue weighted by molar-refractivity contribution is 5.84. The molecular formula is C13H12F3NO3. The molecule has 0 bridgehead atoms. The largest absolute Gasteiger partial charge is 0.496 e. The van der Waals surface area contributed by atoms with E-state index in [4.69, 9.17) is 4.74 Å². The fraction of sp³-hybridized carbons (Fsp3) is 0.308. The lowest BCUT2D eigenvalue weighted by Gasteiger charge is -2.12. The van der Waals surface area contributed by atoms with Gasteiger partial charge in [0.1, 0.15) is 5.75 Å². The lowest BCUT2D eigenvalue weighted by molar-refractivity contribution is -0.154. The molecule has 108 valence electrons. The molecule has 0 saturated carbocycles. The van der Waals surface area contributed by atoms with Gasteiger partial charge in [-0.25, -0.2) is 0 Å². The van der Waals surface area contributed by atoms with Crippen LogP contribution in [0.3, 0.4) is 0 Å². The predicted octanol–water partition coefficient (Wildman–Crippen LogP) is 2.79. The molecule has 1 aromatic carbocycles. The number of rotatable bonds is 3. The van der Waals surface area contributed by atoms with E-state index in [2.05, 4.69) is 9.72 Å². The summed E-state index contributed by atoms with van der Waals surface area (Å²) in [5.74, 6) is 0.303. The summed E-state index contributed by atoms with van der Waals surface area (Å²) in [7, 11) is 1.47. The Kier molecular flexibility index (Phi) is 3.61. The second-order valence-corrected chi connectivity index (χ2v) is 4.22. The lowest BCUT2D eigenvalue weighted by atomic mass is 10.1. The van der Waals surface area contributed by atoms with Crippen LogP contribution in [-0.2, 0) is 0 Å². The second-order valence-electron chi connectivity index (χ2n) is 4.22. The molecule has 2 aromatic rings. The van der Waals surface area contributed by atoms with Crippen molar-refractivity contribution in [1.29, 1.82) is 0 Å². The third-order valence-corrected chi connectivity index (χ3v) is 2.80. The van der Waals surface area contributed by atoms with E-state index >= 15 is 0 Å². The topological polar surface area (TPSA) is 51.3 Å². The molecule has 1 aromatic heterocycles. The zero-order valence-corrected chi connectivity index (χ0v) is 10.8. The van der Waals surface area contributed by atoms with Gasteiger partial charge in [0.15, 0.2) is 17.9 Å². The van der Waals surface area contributed by atoms with Crippen LogP contribution in [0.15, 0.2) is 23.0 Å². The van der Waals surface area contributed by atoms with E-state index in [1.807, 2.05) is 0 Å². The standard InChI is InChI=1S/C13H12F3NO3/c1-7-10(19-2)4-3-8-9(18)5-11(17-12(7)8)20-6-13(14,15)16/h3-5H,6H2,1-2H3,(H,17,18). The number of hydrogen-bond donors (Lipinski definition) is 1. The lowest BCUT2D eigenvalue weighted by Crippen LogP contribution is -2.20. The number of methoxy groups -OCH3 is 1. The van der Waals surface area contributed by atoms with Gasteiger partial charge in [-0.3, -0.25) is 4.79 Å². The number of halogens is 3. The molecule has 0 saturated heterocycles. The van der Waals surface area contributed by atoms with Crippen LogP contribution in [-0.4, -0.2) is 24.9 Å². The zero-order chi connectivity index (χ0) is 14.9. The summed E-state index contributed by atoms with van der Waals surface area (Å²) < 4.78 is 46.0. The molecule has 1 heterocycles. The summed E-state index contributed by atoms with van der Waals surface area (Å²) >= 11 is 0. The quantitative estimate of drug-likeness (QED) is 0.944. The third kappa shape index (κ3) is 2.87. The normalized spacial score (nSPS) is 11.7. The molecule has 0 fully saturated rings. The number of alkyl halides is 3. The predicted molar refractivity (Wildman–Crippen MR) is 67.4 cm³/mol. The maximum absolute atomic E-state index is 12.1. The van der Waals surface area contributed by atoms with Gasteiger partial charge in [0.25, 0.3) is 0 Å². The summed E-state index contributed by atoms with van der Waals surface area (Å²) in [6, 6.07) is 4.18. The number of aryl methyl sites for hydroxylation is 1. The molecule has 20 heavy (non-hydrogen) atoms. The minimum Gasteiger partial charge on any atom is -0.496 e. The van der Waals surface area contributed by atoms with Gasteiger partial charge >= 0.3 is 6.18 Å². The van der Waals surface area contributed by atoms with Crippen LogP contribution in [0.5, 0.6) is 11.6 Å². The third-order valence-electron chi connectivity index (χ3n) is 2.80. The number of nitrogens with one attached hydrogen (secondary N) is 1. The smallest absolute Gasteiger partial charge is 0.422 e. The first-order chi connectivity index (χ1) is 9.31. The van der Waals surface area contributed by atoms with Crippen molar-refractivity contribution in [3.63, 3.8) is 0 Å². The molecule has 4 nitrogen and oxygen atoms in total. The van der Waals surface area contributed by atoms with Gasteiger partial charge in [-0.2, -0.15) is 13.2 Å².